The number of hydrogen-bond donors (Lipinski definition) is 0. The first-order valence-electron chi connectivity index (χ1n) is 7.04. The van der Waals surface area contributed by atoms with Gasteiger partial charge in [0.05, 0.1) is 19.2 Å². The molecular weight excluding hydrogens is 284 g/mol. The van der Waals surface area contributed by atoms with E-state index in [0.717, 1.165) is 46.8 Å². The Labute approximate surface area is 128 Å². The van der Waals surface area contributed by atoms with E-state index in [4.69, 9.17) is 4.74 Å². The molecule has 3 rings (SSSR count). The number of nitrogens with zero attached hydrogens (tertiary/aromatic N) is 2. The van der Waals surface area contributed by atoms with Crippen LogP contribution in [0.1, 0.15) is 10.4 Å². The zero-order chi connectivity index (χ0) is 14.7. The van der Waals surface area contributed by atoms with Crippen LogP contribution in [0.4, 0.5) is 0 Å². The molecule has 0 bridgehead atoms. The predicted molar refractivity (Wildman–Crippen MR) is 86.4 cm³/mol. The first-order chi connectivity index (χ1) is 10.3. The van der Waals surface area contributed by atoms with E-state index >= 15 is 0 Å². The maximum absolute atomic E-state index is 12.6. The summed E-state index contributed by atoms with van der Waals surface area (Å²) in [7, 11) is 1.63. The van der Waals surface area contributed by atoms with E-state index in [2.05, 4.69) is 9.88 Å². The minimum atomic E-state index is 0.166. The van der Waals surface area contributed by atoms with Gasteiger partial charge in [-0.15, -0.1) is 0 Å². The highest BCUT2D eigenvalue weighted by molar-refractivity contribution is 7.99. The van der Waals surface area contributed by atoms with E-state index in [9.17, 15) is 4.79 Å². The first kappa shape index (κ1) is 14.4. The third kappa shape index (κ3) is 3.19. The average molecular weight is 302 g/mol. The van der Waals surface area contributed by atoms with Gasteiger partial charge in [-0.05, 0) is 18.2 Å². The molecule has 0 spiro atoms. The molecule has 1 aromatic heterocycles. The molecule has 4 nitrogen and oxygen atoms in total. The van der Waals surface area contributed by atoms with Crippen molar-refractivity contribution >= 4 is 28.4 Å². The first-order valence-corrected chi connectivity index (χ1v) is 8.19. The van der Waals surface area contributed by atoms with Crippen LogP contribution in [-0.2, 0) is 0 Å². The number of ketones is 1. The normalized spacial score (nSPS) is 16.0. The van der Waals surface area contributed by atoms with Crippen molar-refractivity contribution in [3.8, 4) is 5.75 Å². The van der Waals surface area contributed by atoms with Crippen molar-refractivity contribution in [1.82, 2.24) is 9.88 Å². The second kappa shape index (κ2) is 6.45. The highest BCUT2D eigenvalue weighted by atomic mass is 32.2. The summed E-state index contributed by atoms with van der Waals surface area (Å²) in [5.41, 5.74) is 1.55. The minimum absolute atomic E-state index is 0.166. The lowest BCUT2D eigenvalue weighted by molar-refractivity contribution is 0.0939. The Morgan fingerprint density at radius 3 is 2.90 bits per heavy atom. The quantitative estimate of drug-likeness (QED) is 0.812. The summed E-state index contributed by atoms with van der Waals surface area (Å²) in [6.45, 7) is 2.48. The van der Waals surface area contributed by atoms with E-state index in [1.165, 1.54) is 0 Å². The smallest absolute Gasteiger partial charge is 0.177 e. The number of carbonyl (C=O) groups excluding carboxylic acids is 1. The van der Waals surface area contributed by atoms with E-state index in [-0.39, 0.29) is 5.78 Å². The monoisotopic (exact) mass is 302 g/mol. The number of thioether (sulfide) groups is 1. The molecule has 2 heterocycles. The molecule has 1 fully saturated rings. The molecule has 0 aliphatic carbocycles. The molecule has 1 saturated heterocycles. The van der Waals surface area contributed by atoms with Gasteiger partial charge >= 0.3 is 0 Å². The predicted octanol–water partition coefficient (Wildman–Crippen LogP) is 2.47. The third-order valence-corrected chi connectivity index (χ3v) is 4.66. The van der Waals surface area contributed by atoms with Crippen molar-refractivity contribution in [2.45, 2.75) is 0 Å². The van der Waals surface area contributed by atoms with Gasteiger partial charge < -0.3 is 4.74 Å². The van der Waals surface area contributed by atoms with Crippen molar-refractivity contribution < 1.29 is 9.53 Å². The molecular formula is C16H18N2O2S. The maximum atomic E-state index is 12.6. The fourth-order valence-corrected chi connectivity index (χ4v) is 3.52. The largest absolute Gasteiger partial charge is 0.497 e. The van der Waals surface area contributed by atoms with Gasteiger partial charge in [0.1, 0.15) is 5.75 Å². The van der Waals surface area contributed by atoms with Gasteiger partial charge in [-0.1, -0.05) is 0 Å². The Morgan fingerprint density at radius 2 is 2.14 bits per heavy atom. The number of rotatable bonds is 4. The van der Waals surface area contributed by atoms with Crippen molar-refractivity contribution in [2.75, 3.05) is 38.2 Å². The summed E-state index contributed by atoms with van der Waals surface area (Å²) in [6.07, 6.45) is 1.70. The second-order valence-corrected chi connectivity index (χ2v) is 6.28. The Bertz CT molecular complexity index is 654. The summed E-state index contributed by atoms with van der Waals surface area (Å²) in [6, 6.07) is 7.47. The van der Waals surface area contributed by atoms with Gasteiger partial charge in [0, 0.05) is 47.8 Å². The molecule has 0 atom stereocenters. The average Bonchev–Trinajstić information content (AvgIpc) is 2.54. The third-order valence-electron chi connectivity index (χ3n) is 3.72. The van der Waals surface area contributed by atoms with Crippen LogP contribution in [0.25, 0.3) is 10.9 Å². The lowest BCUT2D eigenvalue weighted by Gasteiger charge is -2.25. The van der Waals surface area contributed by atoms with Crippen LogP contribution in [0, 0.1) is 0 Å². The molecule has 2 aromatic rings. The summed E-state index contributed by atoms with van der Waals surface area (Å²) in [4.78, 5) is 19.1. The van der Waals surface area contributed by atoms with Gasteiger partial charge in [-0.3, -0.25) is 14.7 Å². The number of pyridine rings is 1. The summed E-state index contributed by atoms with van der Waals surface area (Å²) >= 11 is 1.95. The van der Waals surface area contributed by atoms with Gasteiger partial charge in [-0.25, -0.2) is 0 Å². The molecule has 5 heteroatoms. The summed E-state index contributed by atoms with van der Waals surface area (Å²) in [5.74, 6) is 3.15. The Morgan fingerprint density at radius 1 is 1.33 bits per heavy atom. The summed E-state index contributed by atoms with van der Waals surface area (Å²) in [5, 5.41) is 0.898. The van der Waals surface area contributed by atoms with Crippen LogP contribution in [0.3, 0.4) is 0 Å². The molecule has 1 aromatic carbocycles. The van der Waals surface area contributed by atoms with Crippen LogP contribution in [0.15, 0.2) is 30.5 Å². The van der Waals surface area contributed by atoms with Crippen LogP contribution in [0.2, 0.25) is 0 Å². The van der Waals surface area contributed by atoms with Crippen molar-refractivity contribution in [3.05, 3.63) is 36.0 Å². The number of carbonyl (C=O) groups is 1. The fourth-order valence-electron chi connectivity index (χ4n) is 2.55. The molecule has 0 amide bonds. The van der Waals surface area contributed by atoms with Crippen molar-refractivity contribution in [2.24, 2.45) is 0 Å². The van der Waals surface area contributed by atoms with E-state index in [0.29, 0.717) is 6.54 Å². The number of aromatic nitrogens is 1. The standard InChI is InChI=1S/C16H18N2O2S/c1-20-12-2-3-13-14(4-5-17-15(13)10-12)16(19)11-18-6-8-21-9-7-18/h2-5,10H,6-9,11H2,1H3. The number of ether oxygens (including phenoxy) is 1. The second-order valence-electron chi connectivity index (χ2n) is 5.05. The van der Waals surface area contributed by atoms with Crippen LogP contribution in [-0.4, -0.2) is 53.9 Å². The summed E-state index contributed by atoms with van der Waals surface area (Å²) < 4.78 is 5.21. The Hall–Kier alpha value is -1.59. The molecule has 1 aliphatic rings. The van der Waals surface area contributed by atoms with Crippen LogP contribution < -0.4 is 4.74 Å². The van der Waals surface area contributed by atoms with Gasteiger partial charge in [0.2, 0.25) is 0 Å². The highest BCUT2D eigenvalue weighted by Crippen LogP contribution is 2.22. The molecule has 0 saturated carbocycles. The highest BCUT2D eigenvalue weighted by Gasteiger charge is 2.17. The lowest BCUT2D eigenvalue weighted by Crippen LogP contribution is -2.36. The maximum Gasteiger partial charge on any atom is 0.177 e. The van der Waals surface area contributed by atoms with Gasteiger partial charge in [0.25, 0.3) is 0 Å². The van der Waals surface area contributed by atoms with Crippen molar-refractivity contribution in [3.63, 3.8) is 0 Å². The Balaban J connectivity index is 1.86. The van der Waals surface area contributed by atoms with Crippen LogP contribution in [0.5, 0.6) is 5.75 Å². The van der Waals surface area contributed by atoms with Crippen LogP contribution >= 0.6 is 11.8 Å². The SMILES string of the molecule is COc1ccc2c(C(=O)CN3CCSCC3)ccnc2c1. The Kier molecular flexibility index (Phi) is 4.41. The van der Waals surface area contributed by atoms with Gasteiger partial charge in [-0.2, -0.15) is 11.8 Å². The van der Waals surface area contributed by atoms with E-state index < -0.39 is 0 Å². The molecule has 110 valence electrons. The minimum Gasteiger partial charge on any atom is -0.497 e. The number of methoxy groups -OCH3 is 1. The lowest BCUT2D eigenvalue weighted by atomic mass is 10.0. The molecule has 1 aliphatic heterocycles. The zero-order valence-electron chi connectivity index (χ0n) is 12.0. The fraction of sp³-hybridized carbons (Fsp3) is 0.375. The number of hydrogen-bond acceptors (Lipinski definition) is 5. The number of benzene rings is 1. The zero-order valence-corrected chi connectivity index (χ0v) is 12.9. The number of fused-ring (bicyclic) bond motifs is 1. The van der Waals surface area contributed by atoms with E-state index in [1.807, 2.05) is 36.0 Å². The van der Waals surface area contributed by atoms with Gasteiger partial charge in [0.15, 0.2) is 5.78 Å². The van der Waals surface area contributed by atoms with E-state index in [1.54, 1.807) is 13.3 Å². The molecule has 0 unspecified atom stereocenters. The molecule has 0 radical (unpaired) electrons. The molecule has 21 heavy (non-hydrogen) atoms. The van der Waals surface area contributed by atoms with Crippen molar-refractivity contribution in [1.29, 1.82) is 0 Å². The number of Topliss-reactive ketones (excluding diaryl/α,β-unsaturated/α-hetero) is 1. The molecule has 0 N–H and O–H groups in total. The topological polar surface area (TPSA) is 42.4 Å².